The van der Waals surface area contributed by atoms with E-state index in [0.29, 0.717) is 13.0 Å². The smallest absolute Gasteiger partial charge is 0.329 e. The Kier molecular flexibility index (Phi) is 4.48. The highest BCUT2D eigenvalue weighted by molar-refractivity contribution is 5.84. The molecule has 1 heterocycles. The van der Waals surface area contributed by atoms with E-state index in [9.17, 15) is 9.59 Å². The summed E-state index contributed by atoms with van der Waals surface area (Å²) in [6.45, 7) is 11.9. The van der Waals surface area contributed by atoms with Gasteiger partial charge < -0.3 is 15.0 Å². The molecule has 5 nitrogen and oxygen atoms in total. The number of carbonyl (C=O) groups excluding carboxylic acids is 2. The fraction of sp³-hybridized carbons (Fsp3) is 0.857. The van der Waals surface area contributed by atoms with E-state index in [1.165, 1.54) is 0 Å². The maximum atomic E-state index is 12.1. The molecule has 1 aliphatic rings. The van der Waals surface area contributed by atoms with E-state index in [2.05, 4.69) is 5.32 Å². The summed E-state index contributed by atoms with van der Waals surface area (Å²) in [5.74, 6) is -0.311. The molecule has 5 heteroatoms. The van der Waals surface area contributed by atoms with Crippen LogP contribution in [0.1, 0.15) is 54.4 Å². The molecule has 1 rings (SSSR count). The average molecular weight is 270 g/mol. The molecule has 1 N–H and O–H groups in total. The second-order valence-electron chi connectivity index (χ2n) is 7.07. The fourth-order valence-electron chi connectivity index (χ4n) is 2.02. The van der Waals surface area contributed by atoms with Crippen molar-refractivity contribution in [2.75, 3.05) is 6.54 Å². The number of likely N-dealkylation sites (tertiary alicyclic amines) is 1. The third-order valence-corrected chi connectivity index (χ3v) is 2.67. The summed E-state index contributed by atoms with van der Waals surface area (Å²) in [7, 11) is 0. The fourth-order valence-corrected chi connectivity index (χ4v) is 2.02. The van der Waals surface area contributed by atoms with Gasteiger partial charge in [0, 0.05) is 12.1 Å². The van der Waals surface area contributed by atoms with E-state index in [1.54, 1.807) is 4.90 Å². The third-order valence-electron chi connectivity index (χ3n) is 2.67. The molecule has 1 fully saturated rings. The lowest BCUT2D eigenvalue weighted by Crippen LogP contribution is -2.52. The first-order chi connectivity index (χ1) is 8.49. The van der Waals surface area contributed by atoms with Gasteiger partial charge in [-0.2, -0.15) is 0 Å². The van der Waals surface area contributed by atoms with Gasteiger partial charge in [0.05, 0.1) is 0 Å². The Hall–Kier alpha value is -1.26. The van der Waals surface area contributed by atoms with Gasteiger partial charge >= 0.3 is 12.0 Å². The molecular formula is C14H26N2O3. The van der Waals surface area contributed by atoms with Crippen LogP contribution in [0.5, 0.6) is 0 Å². The molecule has 110 valence electrons. The van der Waals surface area contributed by atoms with Gasteiger partial charge in [-0.1, -0.05) is 0 Å². The molecule has 0 aromatic carbocycles. The third kappa shape index (κ3) is 5.09. The molecule has 1 atom stereocenters. The van der Waals surface area contributed by atoms with Crippen LogP contribution in [0, 0.1) is 0 Å². The monoisotopic (exact) mass is 270 g/mol. The van der Waals surface area contributed by atoms with Crippen LogP contribution in [0.15, 0.2) is 0 Å². The quantitative estimate of drug-likeness (QED) is 0.744. The maximum Gasteiger partial charge on any atom is 0.329 e. The number of rotatable bonds is 1. The number of ether oxygens (including phenoxy) is 1. The van der Waals surface area contributed by atoms with Crippen LogP contribution < -0.4 is 5.32 Å². The normalized spacial score (nSPS) is 20.3. The van der Waals surface area contributed by atoms with Crippen molar-refractivity contribution >= 4 is 12.0 Å². The first-order valence-electron chi connectivity index (χ1n) is 6.81. The van der Waals surface area contributed by atoms with E-state index in [1.807, 2.05) is 41.5 Å². The second kappa shape index (κ2) is 5.39. The van der Waals surface area contributed by atoms with Crippen molar-refractivity contribution < 1.29 is 14.3 Å². The predicted octanol–water partition coefficient (Wildman–Crippen LogP) is 2.30. The lowest BCUT2D eigenvalue weighted by Gasteiger charge is -2.30. The van der Waals surface area contributed by atoms with Crippen LogP contribution >= 0.6 is 0 Å². The Bertz CT molecular complexity index is 319. The summed E-state index contributed by atoms with van der Waals surface area (Å²) in [5.41, 5.74) is -0.829. The van der Waals surface area contributed by atoms with Crippen LogP contribution in [0.4, 0.5) is 4.79 Å². The summed E-state index contributed by atoms with van der Waals surface area (Å²) in [4.78, 5) is 25.8. The van der Waals surface area contributed by atoms with Crippen LogP contribution in [0.2, 0.25) is 0 Å². The van der Waals surface area contributed by atoms with Gasteiger partial charge in [-0.25, -0.2) is 9.59 Å². The van der Waals surface area contributed by atoms with E-state index in [0.717, 1.165) is 6.42 Å². The number of hydrogen-bond acceptors (Lipinski definition) is 3. The van der Waals surface area contributed by atoms with Crippen LogP contribution in [0.3, 0.4) is 0 Å². The van der Waals surface area contributed by atoms with E-state index in [-0.39, 0.29) is 17.5 Å². The van der Waals surface area contributed by atoms with Crippen LogP contribution in [-0.4, -0.2) is 40.6 Å². The Morgan fingerprint density at radius 3 is 2.21 bits per heavy atom. The molecule has 0 bridgehead atoms. The summed E-state index contributed by atoms with van der Waals surface area (Å²) in [6, 6.07) is -0.651. The van der Waals surface area contributed by atoms with Crippen LogP contribution in [-0.2, 0) is 9.53 Å². The number of hydrogen-bond donors (Lipinski definition) is 1. The van der Waals surface area contributed by atoms with Crippen molar-refractivity contribution in [3.63, 3.8) is 0 Å². The summed E-state index contributed by atoms with van der Waals surface area (Å²) in [5, 5.41) is 2.89. The van der Waals surface area contributed by atoms with Gasteiger partial charge in [-0.05, 0) is 54.4 Å². The van der Waals surface area contributed by atoms with Gasteiger partial charge in [0.1, 0.15) is 11.6 Å². The minimum Gasteiger partial charge on any atom is -0.458 e. The van der Waals surface area contributed by atoms with E-state index in [4.69, 9.17) is 4.74 Å². The van der Waals surface area contributed by atoms with Gasteiger partial charge in [0.25, 0.3) is 0 Å². The van der Waals surface area contributed by atoms with Crippen molar-refractivity contribution in [3.8, 4) is 0 Å². The van der Waals surface area contributed by atoms with Crippen molar-refractivity contribution in [3.05, 3.63) is 0 Å². The number of esters is 1. The number of nitrogens with one attached hydrogen (secondary N) is 1. The Balaban J connectivity index is 2.69. The van der Waals surface area contributed by atoms with E-state index >= 15 is 0 Å². The topological polar surface area (TPSA) is 58.6 Å². The average Bonchev–Trinajstić information content (AvgIpc) is 2.59. The largest absolute Gasteiger partial charge is 0.458 e. The van der Waals surface area contributed by atoms with E-state index < -0.39 is 11.6 Å². The highest BCUT2D eigenvalue weighted by atomic mass is 16.6. The van der Waals surface area contributed by atoms with Gasteiger partial charge in [0.2, 0.25) is 0 Å². The molecule has 19 heavy (non-hydrogen) atoms. The lowest BCUT2D eigenvalue weighted by molar-refractivity contribution is -0.159. The molecule has 0 saturated carbocycles. The standard InChI is InChI=1S/C14H26N2O3/c1-13(2,3)15-12(18)16-9-7-8-10(16)11(17)19-14(4,5)6/h10H,7-9H2,1-6H3,(H,15,18)/t10-/m1/s1. The Morgan fingerprint density at radius 1 is 1.16 bits per heavy atom. The molecule has 2 amide bonds. The predicted molar refractivity (Wildman–Crippen MR) is 73.9 cm³/mol. The number of amides is 2. The molecular weight excluding hydrogens is 244 g/mol. The zero-order valence-corrected chi connectivity index (χ0v) is 12.9. The van der Waals surface area contributed by atoms with Crippen molar-refractivity contribution in [1.82, 2.24) is 10.2 Å². The molecule has 0 aromatic heterocycles. The second-order valence-corrected chi connectivity index (χ2v) is 7.07. The SMILES string of the molecule is CC(C)(C)NC(=O)N1CCC[C@@H]1C(=O)OC(C)(C)C. The minimum absolute atomic E-state index is 0.194. The maximum absolute atomic E-state index is 12.1. The number of nitrogens with zero attached hydrogens (tertiary/aromatic N) is 1. The lowest BCUT2D eigenvalue weighted by atomic mass is 10.1. The first kappa shape index (κ1) is 15.8. The summed E-state index contributed by atoms with van der Waals surface area (Å²) in [6.07, 6.45) is 1.51. The molecule has 1 aliphatic heterocycles. The van der Waals surface area contributed by atoms with Crippen molar-refractivity contribution in [2.24, 2.45) is 0 Å². The molecule has 0 aliphatic carbocycles. The van der Waals surface area contributed by atoms with Crippen LogP contribution in [0.25, 0.3) is 0 Å². The van der Waals surface area contributed by atoms with Gasteiger partial charge in [-0.3, -0.25) is 0 Å². The number of urea groups is 1. The highest BCUT2D eigenvalue weighted by Crippen LogP contribution is 2.21. The van der Waals surface area contributed by atoms with Gasteiger partial charge in [0.15, 0.2) is 0 Å². The molecule has 0 spiro atoms. The first-order valence-corrected chi connectivity index (χ1v) is 6.81. The zero-order valence-electron chi connectivity index (χ0n) is 12.9. The molecule has 0 aromatic rings. The van der Waals surface area contributed by atoms with Gasteiger partial charge in [-0.15, -0.1) is 0 Å². The molecule has 1 saturated heterocycles. The summed E-state index contributed by atoms with van der Waals surface area (Å²) < 4.78 is 5.37. The highest BCUT2D eigenvalue weighted by Gasteiger charge is 2.37. The Morgan fingerprint density at radius 2 is 1.74 bits per heavy atom. The molecule has 0 radical (unpaired) electrons. The minimum atomic E-state index is -0.522. The van der Waals surface area contributed by atoms with Crippen molar-refractivity contribution in [1.29, 1.82) is 0 Å². The Labute approximate surface area is 115 Å². The number of carbonyl (C=O) groups is 2. The summed E-state index contributed by atoms with van der Waals surface area (Å²) >= 11 is 0. The zero-order chi connectivity index (χ0) is 14.8. The molecule has 0 unspecified atom stereocenters. The van der Waals surface area contributed by atoms with Crippen molar-refractivity contribution in [2.45, 2.75) is 71.6 Å².